The van der Waals surface area contributed by atoms with Crippen LogP contribution in [0.3, 0.4) is 0 Å². The summed E-state index contributed by atoms with van der Waals surface area (Å²) in [4.78, 5) is 0. The van der Waals surface area contributed by atoms with Crippen molar-refractivity contribution in [2.24, 2.45) is 5.92 Å². The zero-order valence-electron chi connectivity index (χ0n) is 7.91. The van der Waals surface area contributed by atoms with Gasteiger partial charge in [0.15, 0.2) is 0 Å². The van der Waals surface area contributed by atoms with Crippen molar-refractivity contribution in [3.05, 3.63) is 34.3 Å². The summed E-state index contributed by atoms with van der Waals surface area (Å²) in [5.74, 6) is 0.371. The highest BCUT2D eigenvalue weighted by molar-refractivity contribution is 9.10. The van der Waals surface area contributed by atoms with Gasteiger partial charge in [-0.2, -0.15) is 0 Å². The third-order valence-corrected chi connectivity index (χ3v) is 3.34. The molecule has 1 aromatic carbocycles. The zero-order chi connectivity index (χ0) is 9.97. The van der Waals surface area contributed by atoms with Crippen molar-refractivity contribution in [3.8, 4) is 0 Å². The minimum Gasteiger partial charge on any atom is -0.396 e. The lowest BCUT2D eigenvalue weighted by molar-refractivity contribution is 0.214. The van der Waals surface area contributed by atoms with Gasteiger partial charge in [0, 0.05) is 23.0 Å². The Kier molecular flexibility index (Phi) is 3.21. The third kappa shape index (κ3) is 2.00. The molecule has 0 aliphatic carbocycles. The minimum absolute atomic E-state index is 0.272. The Morgan fingerprint density at radius 3 is 2.71 bits per heavy atom. The van der Waals surface area contributed by atoms with E-state index in [1.165, 1.54) is 5.56 Å². The molecule has 2 unspecified atom stereocenters. The maximum Gasteiger partial charge on any atom is 0.0477 e. The molecule has 76 valence electrons. The predicted molar refractivity (Wildman–Crippen MR) is 60.1 cm³/mol. The molecule has 1 heterocycles. The van der Waals surface area contributed by atoms with Gasteiger partial charge in [0.2, 0.25) is 0 Å². The maximum atomic E-state index is 9.20. The summed E-state index contributed by atoms with van der Waals surface area (Å²) in [6, 6.07) is 8.63. The molecule has 14 heavy (non-hydrogen) atoms. The SMILES string of the molecule is OCC1CCNC1c1ccc(Br)cc1. The molecule has 0 bridgehead atoms. The molecule has 0 amide bonds. The Labute approximate surface area is 92.5 Å². The zero-order valence-corrected chi connectivity index (χ0v) is 9.50. The third-order valence-electron chi connectivity index (χ3n) is 2.81. The van der Waals surface area contributed by atoms with Crippen molar-refractivity contribution in [2.75, 3.05) is 13.2 Å². The van der Waals surface area contributed by atoms with Crippen LogP contribution in [0.5, 0.6) is 0 Å². The Hall–Kier alpha value is -0.380. The highest BCUT2D eigenvalue weighted by Crippen LogP contribution is 2.29. The predicted octanol–water partition coefficient (Wildman–Crippen LogP) is 2.09. The molecule has 2 rings (SSSR count). The molecule has 2 nitrogen and oxygen atoms in total. The van der Waals surface area contributed by atoms with E-state index in [0.717, 1.165) is 17.4 Å². The first-order valence-corrected chi connectivity index (χ1v) is 5.70. The highest BCUT2D eigenvalue weighted by atomic mass is 79.9. The van der Waals surface area contributed by atoms with Crippen molar-refractivity contribution in [1.82, 2.24) is 5.32 Å². The van der Waals surface area contributed by atoms with Crippen LogP contribution in [0.2, 0.25) is 0 Å². The molecule has 0 aromatic heterocycles. The summed E-state index contributed by atoms with van der Waals surface area (Å²) >= 11 is 3.42. The Balaban J connectivity index is 2.17. The Morgan fingerprint density at radius 1 is 1.36 bits per heavy atom. The minimum atomic E-state index is 0.272. The molecule has 2 N–H and O–H groups in total. The van der Waals surface area contributed by atoms with Gasteiger partial charge < -0.3 is 10.4 Å². The standard InChI is InChI=1S/C11H14BrNO/c12-10-3-1-8(2-4-10)11-9(7-14)5-6-13-11/h1-4,9,11,13-14H,5-7H2. The monoisotopic (exact) mass is 255 g/mol. The lowest BCUT2D eigenvalue weighted by Crippen LogP contribution is -2.19. The fraction of sp³-hybridized carbons (Fsp3) is 0.455. The van der Waals surface area contributed by atoms with Crippen LogP contribution in [0.25, 0.3) is 0 Å². The molecule has 0 saturated carbocycles. The number of aliphatic hydroxyl groups is 1. The van der Waals surface area contributed by atoms with Crippen LogP contribution in [0.1, 0.15) is 18.0 Å². The van der Waals surface area contributed by atoms with E-state index in [2.05, 4.69) is 33.4 Å². The quantitative estimate of drug-likeness (QED) is 0.849. The number of benzene rings is 1. The average molecular weight is 256 g/mol. The van der Waals surface area contributed by atoms with Gasteiger partial charge in [-0.15, -0.1) is 0 Å². The van der Waals surface area contributed by atoms with E-state index >= 15 is 0 Å². The van der Waals surface area contributed by atoms with Crippen LogP contribution in [0.4, 0.5) is 0 Å². The largest absolute Gasteiger partial charge is 0.396 e. The number of halogens is 1. The number of hydrogen-bond acceptors (Lipinski definition) is 2. The fourth-order valence-corrected chi connectivity index (χ4v) is 2.28. The highest BCUT2D eigenvalue weighted by Gasteiger charge is 2.26. The average Bonchev–Trinajstić information content (AvgIpc) is 2.67. The normalized spacial score (nSPS) is 26.7. The summed E-state index contributed by atoms with van der Waals surface area (Å²) in [6.45, 7) is 1.28. The second-order valence-electron chi connectivity index (χ2n) is 3.71. The molecule has 0 radical (unpaired) electrons. The second kappa shape index (κ2) is 4.43. The first-order chi connectivity index (χ1) is 6.81. The van der Waals surface area contributed by atoms with Gasteiger partial charge in [-0.3, -0.25) is 0 Å². The van der Waals surface area contributed by atoms with Crippen molar-refractivity contribution < 1.29 is 5.11 Å². The summed E-state index contributed by atoms with van der Waals surface area (Å²) in [5, 5.41) is 12.6. The molecular formula is C11H14BrNO. The van der Waals surface area contributed by atoms with Gasteiger partial charge in [-0.25, -0.2) is 0 Å². The summed E-state index contributed by atoms with van der Waals surface area (Å²) < 4.78 is 1.10. The molecular weight excluding hydrogens is 242 g/mol. The van der Waals surface area contributed by atoms with Gasteiger partial charge >= 0.3 is 0 Å². The van der Waals surface area contributed by atoms with Crippen molar-refractivity contribution in [1.29, 1.82) is 0 Å². The molecule has 1 aliphatic rings. The van der Waals surface area contributed by atoms with Gasteiger partial charge in [0.25, 0.3) is 0 Å². The van der Waals surface area contributed by atoms with Gasteiger partial charge in [-0.1, -0.05) is 28.1 Å². The molecule has 2 atom stereocenters. The smallest absolute Gasteiger partial charge is 0.0477 e. The number of nitrogens with one attached hydrogen (secondary N) is 1. The van der Waals surface area contributed by atoms with Crippen molar-refractivity contribution in [2.45, 2.75) is 12.5 Å². The number of aliphatic hydroxyl groups excluding tert-OH is 1. The van der Waals surface area contributed by atoms with E-state index in [-0.39, 0.29) is 6.61 Å². The number of hydrogen-bond donors (Lipinski definition) is 2. The summed E-state index contributed by atoms with van der Waals surface area (Å²) in [5.41, 5.74) is 1.27. The summed E-state index contributed by atoms with van der Waals surface area (Å²) in [7, 11) is 0. The maximum absolute atomic E-state index is 9.20. The second-order valence-corrected chi connectivity index (χ2v) is 4.63. The van der Waals surface area contributed by atoms with E-state index in [1.807, 2.05) is 12.1 Å². The van der Waals surface area contributed by atoms with E-state index in [1.54, 1.807) is 0 Å². The fourth-order valence-electron chi connectivity index (χ4n) is 2.01. The molecule has 3 heteroatoms. The van der Waals surface area contributed by atoms with Crippen LogP contribution in [-0.4, -0.2) is 18.3 Å². The molecule has 1 aliphatic heterocycles. The summed E-state index contributed by atoms with van der Waals surface area (Å²) in [6.07, 6.45) is 1.07. The van der Waals surface area contributed by atoms with Gasteiger partial charge in [0.05, 0.1) is 0 Å². The van der Waals surface area contributed by atoms with Crippen LogP contribution in [0, 0.1) is 5.92 Å². The van der Waals surface area contributed by atoms with Gasteiger partial charge in [-0.05, 0) is 30.7 Å². The first-order valence-electron chi connectivity index (χ1n) is 4.91. The lowest BCUT2D eigenvalue weighted by Gasteiger charge is -2.17. The molecule has 1 saturated heterocycles. The van der Waals surface area contributed by atoms with Crippen LogP contribution in [0.15, 0.2) is 28.7 Å². The van der Waals surface area contributed by atoms with E-state index in [4.69, 9.17) is 0 Å². The Bertz CT molecular complexity index is 299. The first kappa shape index (κ1) is 10.1. The van der Waals surface area contributed by atoms with Crippen molar-refractivity contribution >= 4 is 15.9 Å². The molecule has 1 aromatic rings. The van der Waals surface area contributed by atoms with Crippen molar-refractivity contribution in [3.63, 3.8) is 0 Å². The molecule has 0 spiro atoms. The van der Waals surface area contributed by atoms with E-state index in [0.29, 0.717) is 12.0 Å². The van der Waals surface area contributed by atoms with Crippen LogP contribution >= 0.6 is 15.9 Å². The van der Waals surface area contributed by atoms with E-state index in [9.17, 15) is 5.11 Å². The topological polar surface area (TPSA) is 32.3 Å². The lowest BCUT2D eigenvalue weighted by atomic mass is 9.95. The van der Waals surface area contributed by atoms with E-state index < -0.39 is 0 Å². The Morgan fingerprint density at radius 2 is 2.07 bits per heavy atom. The van der Waals surface area contributed by atoms with Crippen LogP contribution in [-0.2, 0) is 0 Å². The van der Waals surface area contributed by atoms with Crippen LogP contribution < -0.4 is 5.32 Å². The number of rotatable bonds is 2. The molecule has 1 fully saturated rings. The van der Waals surface area contributed by atoms with Gasteiger partial charge in [0.1, 0.15) is 0 Å².